The minimum absolute atomic E-state index is 0.0287. The molecule has 0 spiro atoms. The number of amides is 2. The molecule has 0 atom stereocenters. The number of nitrogens with two attached hydrogens (primary N) is 1. The molecule has 0 saturated carbocycles. The van der Waals surface area contributed by atoms with Crippen molar-refractivity contribution in [2.24, 2.45) is 5.14 Å². The van der Waals surface area contributed by atoms with E-state index in [4.69, 9.17) is 5.14 Å². The third kappa shape index (κ3) is 5.64. The van der Waals surface area contributed by atoms with Crippen LogP contribution >= 0.6 is 0 Å². The van der Waals surface area contributed by atoms with Crippen molar-refractivity contribution in [2.45, 2.75) is 38.0 Å². The first kappa shape index (κ1) is 21.6. The predicted molar refractivity (Wildman–Crippen MR) is 108 cm³/mol. The Kier molecular flexibility index (Phi) is 7.31. The second-order valence-electron chi connectivity index (χ2n) is 6.31. The van der Waals surface area contributed by atoms with Crippen LogP contribution in [0.2, 0.25) is 0 Å². The summed E-state index contributed by atoms with van der Waals surface area (Å²) in [4.78, 5) is 24.4. The van der Waals surface area contributed by atoms with Crippen molar-refractivity contribution in [3.05, 3.63) is 59.2 Å². The number of sulfonamides is 1. The molecule has 2 aromatic carbocycles. The predicted octanol–water partition coefficient (Wildman–Crippen LogP) is 1.76. The number of carbonyl (C=O) groups excluding carboxylic acids is 2. The van der Waals surface area contributed by atoms with Gasteiger partial charge in [0.15, 0.2) is 0 Å². The van der Waals surface area contributed by atoms with E-state index < -0.39 is 21.8 Å². The van der Waals surface area contributed by atoms with Gasteiger partial charge in [0.2, 0.25) is 10.0 Å². The van der Waals surface area contributed by atoms with Gasteiger partial charge >= 0.3 is 11.8 Å². The summed E-state index contributed by atoms with van der Waals surface area (Å²) in [6, 6.07) is 11.9. The molecule has 2 rings (SSSR count). The molecule has 2 aromatic rings. The average Bonchev–Trinajstić information content (AvgIpc) is 2.67. The Labute approximate surface area is 165 Å². The van der Waals surface area contributed by atoms with E-state index in [2.05, 4.69) is 10.6 Å². The molecule has 0 fully saturated rings. The number of para-hydroxylation sites is 1. The molecule has 0 aromatic heterocycles. The summed E-state index contributed by atoms with van der Waals surface area (Å²) < 4.78 is 22.5. The Morgan fingerprint density at radius 3 is 2.00 bits per heavy atom. The zero-order valence-electron chi connectivity index (χ0n) is 16.0. The largest absolute Gasteiger partial charge is 0.347 e. The van der Waals surface area contributed by atoms with Crippen molar-refractivity contribution in [2.75, 3.05) is 11.9 Å². The first-order valence-electron chi connectivity index (χ1n) is 9.08. The van der Waals surface area contributed by atoms with Crippen molar-refractivity contribution in [3.63, 3.8) is 0 Å². The summed E-state index contributed by atoms with van der Waals surface area (Å²) in [6.45, 7) is 4.23. The molecule has 0 aliphatic rings. The number of hydrogen-bond donors (Lipinski definition) is 3. The van der Waals surface area contributed by atoms with Crippen LogP contribution in [0, 0.1) is 0 Å². The Morgan fingerprint density at radius 1 is 0.929 bits per heavy atom. The fraction of sp³-hybridized carbons (Fsp3) is 0.300. The zero-order chi connectivity index (χ0) is 20.7. The highest BCUT2D eigenvalue weighted by Gasteiger charge is 2.16. The first-order valence-corrected chi connectivity index (χ1v) is 10.6. The quantitative estimate of drug-likeness (QED) is 0.610. The molecule has 2 amide bonds. The highest BCUT2D eigenvalue weighted by molar-refractivity contribution is 7.89. The normalized spacial score (nSPS) is 11.1. The molecule has 0 heterocycles. The van der Waals surface area contributed by atoms with Crippen LogP contribution in [0.3, 0.4) is 0 Å². The summed E-state index contributed by atoms with van der Waals surface area (Å²) in [6.07, 6.45) is 1.95. The average molecular weight is 404 g/mol. The molecular weight excluding hydrogens is 378 g/mol. The lowest BCUT2D eigenvalue weighted by molar-refractivity contribution is -0.136. The number of primary sulfonamides is 1. The smallest absolute Gasteiger partial charge is 0.313 e. The van der Waals surface area contributed by atoms with Crippen LogP contribution in [0.25, 0.3) is 0 Å². The van der Waals surface area contributed by atoms with E-state index in [1.165, 1.54) is 12.1 Å². The van der Waals surface area contributed by atoms with Crippen molar-refractivity contribution < 1.29 is 18.0 Å². The lowest BCUT2D eigenvalue weighted by atomic mass is 10.0. The van der Waals surface area contributed by atoms with Gasteiger partial charge in [-0.05, 0) is 48.1 Å². The summed E-state index contributed by atoms with van der Waals surface area (Å²) in [5, 5.41) is 10.4. The maximum Gasteiger partial charge on any atom is 0.313 e. The van der Waals surface area contributed by atoms with Gasteiger partial charge in [-0.3, -0.25) is 9.59 Å². The summed E-state index contributed by atoms with van der Waals surface area (Å²) in [5.41, 5.74) is 3.48. The third-order valence-electron chi connectivity index (χ3n) is 4.39. The van der Waals surface area contributed by atoms with Gasteiger partial charge in [0.1, 0.15) is 0 Å². The van der Waals surface area contributed by atoms with E-state index in [1.807, 2.05) is 32.0 Å². The second kappa shape index (κ2) is 9.48. The summed E-state index contributed by atoms with van der Waals surface area (Å²) in [5.74, 6) is -1.42. The SMILES string of the molecule is CCc1cccc(CC)c1NC(=O)C(=O)NCCc1ccc(S(N)(=O)=O)cc1. The molecule has 7 nitrogen and oxygen atoms in total. The van der Waals surface area contributed by atoms with Gasteiger partial charge in [0, 0.05) is 12.2 Å². The van der Waals surface area contributed by atoms with Crippen LogP contribution in [0.1, 0.15) is 30.5 Å². The Bertz CT molecular complexity index is 932. The number of rotatable bonds is 7. The van der Waals surface area contributed by atoms with Crippen LogP contribution in [-0.4, -0.2) is 26.8 Å². The molecule has 28 heavy (non-hydrogen) atoms. The van der Waals surface area contributed by atoms with Gasteiger partial charge in [0.05, 0.1) is 4.90 Å². The van der Waals surface area contributed by atoms with Gasteiger partial charge < -0.3 is 10.6 Å². The van der Waals surface area contributed by atoms with Crippen LogP contribution in [0.15, 0.2) is 47.4 Å². The Balaban J connectivity index is 1.92. The van der Waals surface area contributed by atoms with E-state index in [1.54, 1.807) is 12.1 Å². The molecule has 0 aliphatic carbocycles. The van der Waals surface area contributed by atoms with Crippen LogP contribution in [0.4, 0.5) is 5.69 Å². The number of benzene rings is 2. The topological polar surface area (TPSA) is 118 Å². The minimum Gasteiger partial charge on any atom is -0.347 e. The highest BCUT2D eigenvalue weighted by Crippen LogP contribution is 2.22. The van der Waals surface area contributed by atoms with Crippen molar-refractivity contribution in [1.82, 2.24) is 5.32 Å². The Hall–Kier alpha value is -2.71. The first-order chi connectivity index (χ1) is 13.3. The van der Waals surface area contributed by atoms with E-state index in [-0.39, 0.29) is 11.4 Å². The fourth-order valence-corrected chi connectivity index (χ4v) is 3.34. The lowest BCUT2D eigenvalue weighted by Gasteiger charge is -2.14. The monoisotopic (exact) mass is 403 g/mol. The molecule has 0 saturated heterocycles. The van der Waals surface area contributed by atoms with Gasteiger partial charge in [-0.25, -0.2) is 13.6 Å². The van der Waals surface area contributed by atoms with Crippen LogP contribution < -0.4 is 15.8 Å². The van der Waals surface area contributed by atoms with E-state index in [9.17, 15) is 18.0 Å². The van der Waals surface area contributed by atoms with Crippen molar-refractivity contribution in [3.8, 4) is 0 Å². The number of nitrogens with one attached hydrogen (secondary N) is 2. The molecule has 0 aliphatic heterocycles. The lowest BCUT2D eigenvalue weighted by Crippen LogP contribution is -2.36. The van der Waals surface area contributed by atoms with E-state index >= 15 is 0 Å². The van der Waals surface area contributed by atoms with Gasteiger partial charge in [-0.2, -0.15) is 0 Å². The van der Waals surface area contributed by atoms with Gasteiger partial charge in [-0.1, -0.05) is 44.2 Å². The van der Waals surface area contributed by atoms with Gasteiger partial charge in [-0.15, -0.1) is 0 Å². The number of anilines is 1. The van der Waals surface area contributed by atoms with Gasteiger partial charge in [0.25, 0.3) is 0 Å². The van der Waals surface area contributed by atoms with Crippen molar-refractivity contribution in [1.29, 1.82) is 0 Å². The molecule has 0 radical (unpaired) electrons. The minimum atomic E-state index is -3.73. The number of hydrogen-bond acceptors (Lipinski definition) is 4. The van der Waals surface area contributed by atoms with Crippen LogP contribution in [0.5, 0.6) is 0 Å². The number of carbonyl (C=O) groups is 2. The second-order valence-corrected chi connectivity index (χ2v) is 7.87. The molecule has 4 N–H and O–H groups in total. The molecule has 8 heteroatoms. The van der Waals surface area contributed by atoms with Crippen molar-refractivity contribution >= 4 is 27.5 Å². The molecule has 0 unspecified atom stereocenters. The molecule has 0 bridgehead atoms. The number of aryl methyl sites for hydroxylation is 2. The fourth-order valence-electron chi connectivity index (χ4n) is 2.82. The van der Waals surface area contributed by atoms with Crippen LogP contribution in [-0.2, 0) is 38.9 Å². The summed E-state index contributed by atoms with van der Waals surface area (Å²) >= 11 is 0. The summed E-state index contributed by atoms with van der Waals surface area (Å²) in [7, 11) is -3.73. The highest BCUT2D eigenvalue weighted by atomic mass is 32.2. The molecular formula is C20H25N3O4S. The Morgan fingerprint density at radius 2 is 1.50 bits per heavy atom. The molecule has 150 valence electrons. The maximum atomic E-state index is 12.2. The van der Waals surface area contributed by atoms with E-state index in [0.717, 1.165) is 29.5 Å². The standard InChI is InChI=1S/C20H25N3O4S/c1-3-15-6-5-7-16(4-2)18(15)23-20(25)19(24)22-13-12-14-8-10-17(11-9-14)28(21,26)27/h5-11H,3-4,12-13H2,1-2H3,(H,22,24)(H,23,25)(H2,21,26,27). The maximum absolute atomic E-state index is 12.2. The zero-order valence-corrected chi connectivity index (χ0v) is 16.8. The third-order valence-corrected chi connectivity index (χ3v) is 5.32. The van der Waals surface area contributed by atoms with E-state index in [0.29, 0.717) is 12.1 Å².